The lowest BCUT2D eigenvalue weighted by molar-refractivity contribution is -0.296. The van der Waals surface area contributed by atoms with Crippen LogP contribution in [0.15, 0.2) is 12.2 Å². The van der Waals surface area contributed by atoms with E-state index in [0.29, 0.717) is 12.1 Å². The van der Waals surface area contributed by atoms with Crippen molar-refractivity contribution in [1.82, 2.24) is 5.32 Å². The summed E-state index contributed by atoms with van der Waals surface area (Å²) < 4.78 is 63.7. The summed E-state index contributed by atoms with van der Waals surface area (Å²) in [7, 11) is 1.59. The van der Waals surface area contributed by atoms with Crippen molar-refractivity contribution < 1.29 is 26.7 Å². The number of ether oxygens (including phenoxy) is 1. The lowest BCUT2D eigenvalue weighted by atomic mass is 10.3. The Morgan fingerprint density at radius 1 is 1.27 bits per heavy atom. The summed E-state index contributed by atoms with van der Waals surface area (Å²) >= 11 is 0. The molecular formula is C8H12F5NO. The van der Waals surface area contributed by atoms with Crippen LogP contribution in [0.4, 0.5) is 22.0 Å². The van der Waals surface area contributed by atoms with Gasteiger partial charge in [-0.1, -0.05) is 6.58 Å². The first kappa shape index (κ1) is 14.3. The highest BCUT2D eigenvalue weighted by molar-refractivity contribution is 4.96. The molecule has 0 aliphatic rings. The molecule has 0 aromatic carbocycles. The van der Waals surface area contributed by atoms with Gasteiger partial charge in [0.15, 0.2) is 0 Å². The Bertz CT molecular complexity index is 214. The van der Waals surface area contributed by atoms with E-state index in [-0.39, 0.29) is 6.61 Å². The maximum absolute atomic E-state index is 12.3. The molecule has 1 N–H and O–H groups in total. The number of halogens is 5. The largest absolute Gasteiger partial charge is 0.455 e. The predicted molar refractivity (Wildman–Crippen MR) is 44.9 cm³/mol. The van der Waals surface area contributed by atoms with Gasteiger partial charge in [0.25, 0.3) is 0 Å². The van der Waals surface area contributed by atoms with Gasteiger partial charge in [-0.15, -0.1) is 0 Å². The molecule has 0 aromatic rings. The van der Waals surface area contributed by atoms with Gasteiger partial charge in [-0.25, -0.2) is 0 Å². The first-order chi connectivity index (χ1) is 6.70. The van der Waals surface area contributed by atoms with Gasteiger partial charge in [0.1, 0.15) is 6.61 Å². The van der Waals surface area contributed by atoms with Crippen molar-refractivity contribution in [3.63, 3.8) is 0 Å². The molecule has 0 fully saturated rings. The van der Waals surface area contributed by atoms with Crippen molar-refractivity contribution in [3.05, 3.63) is 12.2 Å². The number of nitrogens with one attached hydrogen (secondary N) is 1. The van der Waals surface area contributed by atoms with Crippen molar-refractivity contribution in [2.75, 3.05) is 26.8 Å². The van der Waals surface area contributed by atoms with Crippen LogP contribution in [-0.4, -0.2) is 38.9 Å². The molecule has 2 nitrogen and oxygen atoms in total. The van der Waals surface area contributed by atoms with Crippen molar-refractivity contribution in [2.24, 2.45) is 0 Å². The first-order valence-electron chi connectivity index (χ1n) is 4.04. The van der Waals surface area contributed by atoms with E-state index in [9.17, 15) is 22.0 Å². The molecule has 7 heteroatoms. The quantitative estimate of drug-likeness (QED) is 0.559. The maximum Gasteiger partial charge on any atom is 0.455 e. The molecule has 0 aromatic heterocycles. The molecule has 0 radical (unpaired) electrons. The predicted octanol–water partition coefficient (Wildman–Crippen LogP) is 1.98. The summed E-state index contributed by atoms with van der Waals surface area (Å²) in [5.41, 5.74) is 0.399. The monoisotopic (exact) mass is 233 g/mol. The highest BCUT2D eigenvalue weighted by Crippen LogP contribution is 2.35. The fraction of sp³-hybridized carbons (Fsp3) is 0.750. The Morgan fingerprint density at radius 2 is 1.80 bits per heavy atom. The fourth-order valence-electron chi connectivity index (χ4n) is 0.706. The summed E-state index contributed by atoms with van der Waals surface area (Å²) in [6, 6.07) is 0. The van der Waals surface area contributed by atoms with Gasteiger partial charge in [-0.05, 0) is 12.6 Å². The second kappa shape index (κ2) is 5.41. The molecule has 0 aliphatic heterocycles. The summed E-state index contributed by atoms with van der Waals surface area (Å²) in [5.74, 6) is -4.81. The van der Waals surface area contributed by atoms with Crippen LogP contribution in [0.5, 0.6) is 0 Å². The van der Waals surface area contributed by atoms with Crippen molar-refractivity contribution >= 4 is 0 Å². The summed E-state index contributed by atoms with van der Waals surface area (Å²) in [6.07, 6.45) is -5.57. The van der Waals surface area contributed by atoms with Crippen LogP contribution in [0.1, 0.15) is 0 Å². The minimum atomic E-state index is -5.57. The standard InChI is InChI=1S/C8H12F5NO/c1-6(3-14-2)4-15-5-7(9,10)8(11,12)13/h14H,1,3-5H2,2H3. The zero-order valence-corrected chi connectivity index (χ0v) is 8.13. The van der Waals surface area contributed by atoms with Gasteiger partial charge < -0.3 is 10.1 Å². The zero-order chi connectivity index (χ0) is 12.1. The average molecular weight is 233 g/mol. The molecule has 0 atom stereocenters. The normalized spacial score (nSPS) is 12.9. The summed E-state index contributed by atoms with van der Waals surface area (Å²) in [6.45, 7) is 1.71. The molecule has 0 saturated heterocycles. The molecule has 0 heterocycles. The summed E-state index contributed by atoms with van der Waals surface area (Å²) in [5, 5.41) is 2.66. The Balaban J connectivity index is 3.91. The summed E-state index contributed by atoms with van der Waals surface area (Å²) in [4.78, 5) is 0. The lowest BCUT2D eigenvalue weighted by Crippen LogP contribution is -2.41. The van der Waals surface area contributed by atoms with Crippen LogP contribution in [0, 0.1) is 0 Å². The van der Waals surface area contributed by atoms with Gasteiger partial charge in [-0.3, -0.25) is 0 Å². The molecule has 0 unspecified atom stereocenters. The third-order valence-electron chi connectivity index (χ3n) is 1.43. The molecular weight excluding hydrogens is 221 g/mol. The van der Waals surface area contributed by atoms with Crippen LogP contribution < -0.4 is 5.32 Å². The Kier molecular flexibility index (Phi) is 5.16. The smallest absolute Gasteiger partial charge is 0.370 e. The Hall–Kier alpha value is -0.690. The highest BCUT2D eigenvalue weighted by Gasteiger charge is 2.57. The second-order valence-electron chi connectivity index (χ2n) is 2.98. The molecule has 0 aliphatic carbocycles. The van der Waals surface area contributed by atoms with Crippen molar-refractivity contribution in [3.8, 4) is 0 Å². The number of alkyl halides is 5. The Labute approximate surface area is 84.1 Å². The van der Waals surface area contributed by atoms with Gasteiger partial charge in [0.05, 0.1) is 6.61 Å². The molecule has 0 bridgehead atoms. The Morgan fingerprint density at radius 3 is 2.20 bits per heavy atom. The van der Waals surface area contributed by atoms with E-state index in [1.807, 2.05) is 0 Å². The van der Waals surface area contributed by atoms with E-state index in [1.165, 1.54) is 0 Å². The van der Waals surface area contributed by atoms with Gasteiger partial charge in [-0.2, -0.15) is 22.0 Å². The maximum atomic E-state index is 12.3. The first-order valence-corrected chi connectivity index (χ1v) is 4.04. The zero-order valence-electron chi connectivity index (χ0n) is 8.13. The lowest BCUT2D eigenvalue weighted by Gasteiger charge is -2.19. The van der Waals surface area contributed by atoms with E-state index >= 15 is 0 Å². The van der Waals surface area contributed by atoms with E-state index in [2.05, 4.69) is 16.6 Å². The third-order valence-corrected chi connectivity index (χ3v) is 1.43. The van der Waals surface area contributed by atoms with Crippen LogP contribution in [0.3, 0.4) is 0 Å². The third kappa shape index (κ3) is 5.08. The van der Waals surface area contributed by atoms with Gasteiger partial charge in [0.2, 0.25) is 0 Å². The minimum Gasteiger partial charge on any atom is -0.370 e. The molecule has 0 saturated carbocycles. The van der Waals surface area contributed by atoms with Crippen molar-refractivity contribution in [2.45, 2.75) is 12.1 Å². The molecule has 15 heavy (non-hydrogen) atoms. The fourth-order valence-corrected chi connectivity index (χ4v) is 0.706. The average Bonchev–Trinajstić information content (AvgIpc) is 2.01. The number of likely N-dealkylation sites (N-methyl/N-ethyl adjacent to an activating group) is 1. The van der Waals surface area contributed by atoms with Crippen LogP contribution in [-0.2, 0) is 4.74 Å². The van der Waals surface area contributed by atoms with Crippen LogP contribution in [0.2, 0.25) is 0 Å². The molecule has 0 spiro atoms. The van der Waals surface area contributed by atoms with Gasteiger partial charge in [0, 0.05) is 6.54 Å². The second-order valence-corrected chi connectivity index (χ2v) is 2.98. The molecule has 0 amide bonds. The van der Waals surface area contributed by atoms with Crippen molar-refractivity contribution in [1.29, 1.82) is 0 Å². The van der Waals surface area contributed by atoms with E-state index in [0.717, 1.165) is 0 Å². The van der Waals surface area contributed by atoms with E-state index in [4.69, 9.17) is 0 Å². The number of hydrogen-bond acceptors (Lipinski definition) is 2. The van der Waals surface area contributed by atoms with Crippen LogP contribution in [0.25, 0.3) is 0 Å². The van der Waals surface area contributed by atoms with Gasteiger partial charge >= 0.3 is 12.1 Å². The minimum absolute atomic E-state index is 0.303. The van der Waals surface area contributed by atoms with E-state index < -0.39 is 18.7 Å². The number of hydrogen-bond donors (Lipinski definition) is 1. The topological polar surface area (TPSA) is 21.3 Å². The molecule has 90 valence electrons. The van der Waals surface area contributed by atoms with Crippen LogP contribution >= 0.6 is 0 Å². The number of rotatable bonds is 6. The highest BCUT2D eigenvalue weighted by atomic mass is 19.4. The SMILES string of the molecule is C=C(CNC)COCC(F)(F)C(F)(F)F. The van der Waals surface area contributed by atoms with E-state index in [1.54, 1.807) is 7.05 Å². The molecule has 0 rings (SSSR count).